The molecule has 0 radical (unpaired) electrons. The van der Waals surface area contributed by atoms with E-state index >= 15 is 0 Å². The van der Waals surface area contributed by atoms with Crippen LogP contribution in [0.1, 0.15) is 31.7 Å². The lowest BCUT2D eigenvalue weighted by Gasteiger charge is -2.34. The topological polar surface area (TPSA) is 46.2 Å². The van der Waals surface area contributed by atoms with Crippen LogP contribution in [0.4, 0.5) is 4.39 Å². The summed E-state index contributed by atoms with van der Waals surface area (Å²) in [6.07, 6.45) is 1.41. The highest BCUT2D eigenvalue weighted by Gasteiger charge is 2.42. The van der Waals surface area contributed by atoms with Crippen LogP contribution in [-0.2, 0) is 15.0 Å². The van der Waals surface area contributed by atoms with Crippen molar-refractivity contribution < 1.29 is 14.0 Å². The second-order valence-corrected chi connectivity index (χ2v) is 4.32. The van der Waals surface area contributed by atoms with Gasteiger partial charge in [-0.3, -0.25) is 14.9 Å². The predicted molar refractivity (Wildman–Crippen MR) is 60.8 cm³/mol. The summed E-state index contributed by atoms with van der Waals surface area (Å²) in [6, 6.07) is 5.93. The van der Waals surface area contributed by atoms with Crippen molar-refractivity contribution >= 4 is 11.8 Å². The maximum absolute atomic E-state index is 12.9. The first-order chi connectivity index (χ1) is 8.08. The third-order valence-electron chi connectivity index (χ3n) is 3.47. The summed E-state index contributed by atoms with van der Waals surface area (Å²) >= 11 is 0. The Kier molecular flexibility index (Phi) is 2.96. The zero-order valence-electron chi connectivity index (χ0n) is 9.63. The van der Waals surface area contributed by atoms with Gasteiger partial charge in [0.1, 0.15) is 5.82 Å². The molecule has 1 aromatic rings. The van der Waals surface area contributed by atoms with Crippen LogP contribution in [0.15, 0.2) is 24.3 Å². The fourth-order valence-corrected chi connectivity index (χ4v) is 2.34. The molecule has 0 spiro atoms. The van der Waals surface area contributed by atoms with E-state index in [0.717, 1.165) is 5.56 Å². The predicted octanol–water partition coefficient (Wildman–Crippen LogP) is 1.91. The largest absolute Gasteiger partial charge is 0.296 e. The summed E-state index contributed by atoms with van der Waals surface area (Å²) in [7, 11) is 0. The molecule has 0 aromatic heterocycles. The molecular formula is C13H14FNO2. The van der Waals surface area contributed by atoms with Crippen molar-refractivity contribution in [3.63, 3.8) is 0 Å². The van der Waals surface area contributed by atoms with Gasteiger partial charge in [0.15, 0.2) is 0 Å². The first kappa shape index (κ1) is 11.8. The molecule has 0 bridgehead atoms. The number of rotatable bonds is 2. The van der Waals surface area contributed by atoms with E-state index in [0.29, 0.717) is 19.3 Å². The lowest BCUT2D eigenvalue weighted by Crippen LogP contribution is -2.51. The monoisotopic (exact) mass is 235 g/mol. The second-order valence-electron chi connectivity index (χ2n) is 4.32. The first-order valence-electron chi connectivity index (χ1n) is 5.69. The molecule has 2 amide bonds. The Morgan fingerprint density at radius 3 is 2.47 bits per heavy atom. The third-order valence-corrected chi connectivity index (χ3v) is 3.47. The number of carbonyl (C=O) groups is 2. The standard InChI is InChI=1S/C13H14FNO2/c1-2-13(8-7-11(16)15-12(13)17)9-3-5-10(14)6-4-9/h3-6H,2,7-8H2,1H3,(H,15,16,17). The molecule has 1 aromatic carbocycles. The summed E-state index contributed by atoms with van der Waals surface area (Å²) in [6.45, 7) is 1.90. The summed E-state index contributed by atoms with van der Waals surface area (Å²) in [4.78, 5) is 23.2. The average Bonchev–Trinajstić information content (AvgIpc) is 2.31. The van der Waals surface area contributed by atoms with Gasteiger partial charge in [0.25, 0.3) is 0 Å². The molecule has 1 heterocycles. The van der Waals surface area contributed by atoms with Crippen molar-refractivity contribution in [2.45, 2.75) is 31.6 Å². The molecule has 1 N–H and O–H groups in total. The number of benzene rings is 1. The molecular weight excluding hydrogens is 221 g/mol. The lowest BCUT2D eigenvalue weighted by molar-refractivity contribution is -0.138. The van der Waals surface area contributed by atoms with Crippen LogP contribution in [0.3, 0.4) is 0 Å². The van der Waals surface area contributed by atoms with E-state index in [1.54, 1.807) is 12.1 Å². The molecule has 3 nitrogen and oxygen atoms in total. The van der Waals surface area contributed by atoms with Crippen LogP contribution in [0.25, 0.3) is 0 Å². The van der Waals surface area contributed by atoms with Crippen LogP contribution in [0.2, 0.25) is 0 Å². The number of piperidine rings is 1. The fraction of sp³-hybridized carbons (Fsp3) is 0.385. The Morgan fingerprint density at radius 2 is 1.94 bits per heavy atom. The molecule has 1 unspecified atom stereocenters. The number of hydrogen-bond donors (Lipinski definition) is 1. The van der Waals surface area contributed by atoms with Crippen molar-refractivity contribution in [1.82, 2.24) is 5.32 Å². The highest BCUT2D eigenvalue weighted by molar-refractivity contribution is 6.03. The highest BCUT2D eigenvalue weighted by Crippen LogP contribution is 2.35. The van der Waals surface area contributed by atoms with Crippen molar-refractivity contribution in [3.8, 4) is 0 Å². The lowest BCUT2D eigenvalue weighted by atomic mass is 9.72. The molecule has 4 heteroatoms. The zero-order valence-corrected chi connectivity index (χ0v) is 9.63. The molecule has 2 rings (SSSR count). The van der Waals surface area contributed by atoms with Crippen LogP contribution in [0.5, 0.6) is 0 Å². The molecule has 0 saturated carbocycles. The quantitative estimate of drug-likeness (QED) is 0.796. The van der Waals surface area contributed by atoms with Gasteiger partial charge in [-0.25, -0.2) is 4.39 Å². The van der Waals surface area contributed by atoms with Gasteiger partial charge in [-0.2, -0.15) is 0 Å². The molecule has 1 saturated heterocycles. The molecule has 1 aliphatic rings. The van der Waals surface area contributed by atoms with Gasteiger partial charge in [0.2, 0.25) is 11.8 Å². The Hall–Kier alpha value is -1.71. The number of carbonyl (C=O) groups excluding carboxylic acids is 2. The molecule has 1 fully saturated rings. The van der Waals surface area contributed by atoms with E-state index in [1.165, 1.54) is 12.1 Å². The molecule has 1 atom stereocenters. The van der Waals surface area contributed by atoms with Crippen molar-refractivity contribution in [1.29, 1.82) is 0 Å². The summed E-state index contributed by atoms with van der Waals surface area (Å²) in [5.41, 5.74) is 0.0770. The van der Waals surface area contributed by atoms with Crippen molar-refractivity contribution in [2.24, 2.45) is 0 Å². The minimum Gasteiger partial charge on any atom is -0.296 e. The van der Waals surface area contributed by atoms with Crippen molar-refractivity contribution in [3.05, 3.63) is 35.6 Å². The maximum atomic E-state index is 12.9. The average molecular weight is 235 g/mol. The Morgan fingerprint density at radius 1 is 1.29 bits per heavy atom. The minimum atomic E-state index is -0.693. The van der Waals surface area contributed by atoms with Crippen LogP contribution in [0, 0.1) is 5.82 Å². The van der Waals surface area contributed by atoms with E-state index in [4.69, 9.17) is 0 Å². The van der Waals surface area contributed by atoms with Gasteiger partial charge >= 0.3 is 0 Å². The molecule has 1 aliphatic heterocycles. The number of halogens is 1. The van der Waals surface area contributed by atoms with Crippen molar-refractivity contribution in [2.75, 3.05) is 0 Å². The van der Waals surface area contributed by atoms with Gasteiger partial charge in [0.05, 0.1) is 5.41 Å². The van der Waals surface area contributed by atoms with Gasteiger partial charge in [-0.05, 0) is 30.5 Å². The maximum Gasteiger partial charge on any atom is 0.237 e. The van der Waals surface area contributed by atoms with Gasteiger partial charge in [0, 0.05) is 6.42 Å². The van der Waals surface area contributed by atoms with E-state index in [-0.39, 0.29) is 17.6 Å². The minimum absolute atomic E-state index is 0.235. The Balaban J connectivity index is 2.40. The van der Waals surface area contributed by atoms with Crippen LogP contribution < -0.4 is 5.32 Å². The van der Waals surface area contributed by atoms with Gasteiger partial charge < -0.3 is 0 Å². The van der Waals surface area contributed by atoms with E-state index in [1.807, 2.05) is 6.92 Å². The van der Waals surface area contributed by atoms with Crippen LogP contribution >= 0.6 is 0 Å². The number of nitrogens with one attached hydrogen (secondary N) is 1. The van der Waals surface area contributed by atoms with Gasteiger partial charge in [-0.1, -0.05) is 19.1 Å². The molecule has 0 aliphatic carbocycles. The Bertz CT molecular complexity index is 455. The van der Waals surface area contributed by atoms with Crippen LogP contribution in [-0.4, -0.2) is 11.8 Å². The smallest absolute Gasteiger partial charge is 0.237 e. The summed E-state index contributed by atoms with van der Waals surface area (Å²) in [5, 5.41) is 2.36. The van der Waals surface area contributed by atoms with E-state index in [2.05, 4.69) is 5.32 Å². The van der Waals surface area contributed by atoms with E-state index < -0.39 is 5.41 Å². The normalized spacial score (nSPS) is 24.6. The van der Waals surface area contributed by atoms with Gasteiger partial charge in [-0.15, -0.1) is 0 Å². The third kappa shape index (κ3) is 1.95. The number of hydrogen-bond acceptors (Lipinski definition) is 2. The first-order valence-corrected chi connectivity index (χ1v) is 5.69. The summed E-state index contributed by atoms with van der Waals surface area (Å²) in [5.74, 6) is -0.837. The zero-order chi connectivity index (χ0) is 12.5. The van der Waals surface area contributed by atoms with E-state index in [9.17, 15) is 14.0 Å². The SMILES string of the molecule is CCC1(c2ccc(F)cc2)CCC(=O)NC1=O. The Labute approximate surface area is 99.0 Å². The number of amides is 2. The number of imide groups is 1. The summed E-state index contributed by atoms with van der Waals surface area (Å²) < 4.78 is 12.9. The molecule has 17 heavy (non-hydrogen) atoms. The highest BCUT2D eigenvalue weighted by atomic mass is 19.1. The second kappa shape index (κ2) is 4.28. The fourth-order valence-electron chi connectivity index (χ4n) is 2.34. The molecule has 90 valence electrons.